The summed E-state index contributed by atoms with van der Waals surface area (Å²) in [5.41, 5.74) is 0.587. The molecule has 0 spiro atoms. The summed E-state index contributed by atoms with van der Waals surface area (Å²) in [5.74, 6) is 0.957. The van der Waals surface area contributed by atoms with Gasteiger partial charge in [0.2, 0.25) is 6.79 Å². The second-order valence-electron chi connectivity index (χ2n) is 3.79. The number of hydrogen-bond donors (Lipinski definition) is 0. The van der Waals surface area contributed by atoms with Gasteiger partial charge in [-0.1, -0.05) is 0 Å². The van der Waals surface area contributed by atoms with E-state index >= 15 is 0 Å². The third-order valence-corrected chi connectivity index (χ3v) is 3.67. The molecule has 0 atom stereocenters. The van der Waals surface area contributed by atoms with E-state index in [1.54, 1.807) is 6.07 Å². The zero-order chi connectivity index (χ0) is 12.5. The van der Waals surface area contributed by atoms with Crippen molar-refractivity contribution in [3.63, 3.8) is 0 Å². The topological polar surface area (TPSA) is 69.7 Å². The summed E-state index contributed by atoms with van der Waals surface area (Å²) in [6.07, 6.45) is 2.55. The Balaban J connectivity index is 2.51. The molecule has 1 aromatic rings. The molecule has 0 N–H and O–H groups in total. The van der Waals surface area contributed by atoms with E-state index in [1.165, 1.54) is 6.07 Å². The van der Waals surface area contributed by atoms with Gasteiger partial charge in [-0.05, 0) is 18.1 Å². The molecule has 1 aliphatic rings. The average Bonchev–Trinajstić information content (AvgIpc) is 2.70. The summed E-state index contributed by atoms with van der Waals surface area (Å²) in [4.78, 5) is 10.6. The average molecular weight is 256 g/mol. The van der Waals surface area contributed by atoms with Crippen LogP contribution in [0.1, 0.15) is 12.0 Å². The first-order valence-corrected chi connectivity index (χ1v) is 6.97. The van der Waals surface area contributed by atoms with E-state index in [1.807, 2.05) is 0 Å². The van der Waals surface area contributed by atoms with Crippen LogP contribution in [0.2, 0.25) is 0 Å². The Morgan fingerprint density at radius 3 is 2.53 bits per heavy atom. The van der Waals surface area contributed by atoms with Crippen LogP contribution >= 0.6 is 0 Å². The lowest BCUT2D eigenvalue weighted by atomic mass is 10.1. The number of aldehydes is 1. The standard InChI is InChI=1S/C11H12O5S/c1-17(13,14)11-6-10-9(15-7-16-10)5-8(11)3-2-4-12/h4-6H,2-3,7H2,1H3. The number of ether oxygens (including phenoxy) is 2. The maximum absolute atomic E-state index is 11.6. The van der Waals surface area contributed by atoms with Gasteiger partial charge >= 0.3 is 0 Å². The van der Waals surface area contributed by atoms with Crippen LogP contribution in [0.25, 0.3) is 0 Å². The van der Waals surface area contributed by atoms with Crippen LogP contribution < -0.4 is 9.47 Å². The highest BCUT2D eigenvalue weighted by atomic mass is 32.2. The highest BCUT2D eigenvalue weighted by Crippen LogP contribution is 2.36. The lowest BCUT2D eigenvalue weighted by molar-refractivity contribution is -0.107. The number of fused-ring (bicyclic) bond motifs is 1. The molecule has 1 aliphatic heterocycles. The van der Waals surface area contributed by atoms with Gasteiger partial charge in [-0.3, -0.25) is 0 Å². The van der Waals surface area contributed by atoms with Crippen molar-refractivity contribution in [3.8, 4) is 11.5 Å². The molecule has 0 saturated heterocycles. The van der Waals surface area contributed by atoms with Crippen LogP contribution in [0.5, 0.6) is 11.5 Å². The van der Waals surface area contributed by atoms with E-state index in [4.69, 9.17) is 9.47 Å². The van der Waals surface area contributed by atoms with Crippen molar-refractivity contribution in [2.24, 2.45) is 0 Å². The quantitative estimate of drug-likeness (QED) is 0.750. The fraction of sp³-hybridized carbons (Fsp3) is 0.364. The number of sulfone groups is 1. The molecule has 6 heteroatoms. The van der Waals surface area contributed by atoms with Crippen LogP contribution in [0.3, 0.4) is 0 Å². The Labute approximate surface area is 99.3 Å². The van der Waals surface area contributed by atoms with Gasteiger partial charge in [0.05, 0.1) is 4.90 Å². The molecule has 0 unspecified atom stereocenters. The fourth-order valence-electron chi connectivity index (χ4n) is 1.72. The lowest BCUT2D eigenvalue weighted by Crippen LogP contribution is -2.03. The van der Waals surface area contributed by atoms with E-state index in [9.17, 15) is 13.2 Å². The third kappa shape index (κ3) is 2.41. The third-order valence-electron chi connectivity index (χ3n) is 2.49. The Morgan fingerprint density at radius 2 is 1.94 bits per heavy atom. The molecule has 0 amide bonds. The number of carbonyl (C=O) groups is 1. The fourth-order valence-corrected chi connectivity index (χ4v) is 2.68. The molecule has 17 heavy (non-hydrogen) atoms. The number of benzene rings is 1. The molecule has 0 saturated carbocycles. The van der Waals surface area contributed by atoms with Crippen LogP contribution in [-0.2, 0) is 21.1 Å². The summed E-state index contributed by atoms with van der Waals surface area (Å²) in [5, 5.41) is 0. The van der Waals surface area contributed by atoms with Gasteiger partial charge in [-0.25, -0.2) is 8.42 Å². The van der Waals surface area contributed by atoms with E-state index in [2.05, 4.69) is 0 Å². The SMILES string of the molecule is CS(=O)(=O)c1cc2c(cc1CCC=O)OCO2. The zero-order valence-electron chi connectivity index (χ0n) is 9.30. The molecule has 1 heterocycles. The van der Waals surface area contributed by atoms with E-state index in [0.717, 1.165) is 12.5 Å². The first-order valence-electron chi connectivity index (χ1n) is 5.08. The monoisotopic (exact) mass is 256 g/mol. The predicted octanol–water partition coefficient (Wildman–Crippen LogP) is 0.950. The summed E-state index contributed by atoms with van der Waals surface area (Å²) >= 11 is 0. The van der Waals surface area contributed by atoms with E-state index in [0.29, 0.717) is 23.5 Å². The zero-order valence-corrected chi connectivity index (χ0v) is 10.1. The van der Waals surface area contributed by atoms with Gasteiger partial charge < -0.3 is 14.3 Å². The number of rotatable bonds is 4. The highest BCUT2D eigenvalue weighted by molar-refractivity contribution is 7.90. The Kier molecular flexibility index (Phi) is 3.06. The van der Waals surface area contributed by atoms with Crippen molar-refractivity contribution >= 4 is 16.1 Å². The number of carbonyl (C=O) groups excluding carboxylic acids is 1. The van der Waals surface area contributed by atoms with Crippen molar-refractivity contribution < 1.29 is 22.7 Å². The minimum absolute atomic E-state index is 0.0929. The van der Waals surface area contributed by atoms with Crippen LogP contribution in [0.4, 0.5) is 0 Å². The Morgan fingerprint density at radius 1 is 1.29 bits per heavy atom. The Hall–Kier alpha value is -1.56. The van der Waals surface area contributed by atoms with Crippen molar-refractivity contribution in [2.75, 3.05) is 13.0 Å². The highest BCUT2D eigenvalue weighted by Gasteiger charge is 2.21. The predicted molar refractivity (Wildman–Crippen MR) is 60.1 cm³/mol. The maximum atomic E-state index is 11.6. The molecular formula is C11H12O5S. The molecule has 2 rings (SSSR count). The molecule has 0 aliphatic carbocycles. The molecule has 0 aromatic heterocycles. The second-order valence-corrected chi connectivity index (χ2v) is 5.77. The van der Waals surface area contributed by atoms with Gasteiger partial charge in [0.15, 0.2) is 21.3 Å². The molecule has 92 valence electrons. The van der Waals surface area contributed by atoms with Crippen molar-refractivity contribution in [1.29, 1.82) is 0 Å². The normalized spacial score (nSPS) is 13.7. The largest absolute Gasteiger partial charge is 0.454 e. The molecule has 0 bridgehead atoms. The first kappa shape index (κ1) is 11.9. The van der Waals surface area contributed by atoms with Gasteiger partial charge in [-0.2, -0.15) is 0 Å². The molecular weight excluding hydrogens is 244 g/mol. The van der Waals surface area contributed by atoms with Crippen molar-refractivity contribution in [3.05, 3.63) is 17.7 Å². The minimum Gasteiger partial charge on any atom is -0.454 e. The molecule has 0 radical (unpaired) electrons. The smallest absolute Gasteiger partial charge is 0.231 e. The van der Waals surface area contributed by atoms with Crippen LogP contribution in [0.15, 0.2) is 17.0 Å². The maximum Gasteiger partial charge on any atom is 0.231 e. The van der Waals surface area contributed by atoms with Gasteiger partial charge in [0.25, 0.3) is 0 Å². The number of aryl methyl sites for hydroxylation is 1. The summed E-state index contributed by atoms with van der Waals surface area (Å²) < 4.78 is 33.6. The van der Waals surface area contributed by atoms with E-state index < -0.39 is 9.84 Å². The summed E-state index contributed by atoms with van der Waals surface area (Å²) in [6, 6.07) is 3.08. The Bertz CT molecular complexity index is 547. The summed E-state index contributed by atoms with van der Waals surface area (Å²) in [6.45, 7) is 0.0929. The van der Waals surface area contributed by atoms with Gasteiger partial charge in [-0.15, -0.1) is 0 Å². The van der Waals surface area contributed by atoms with E-state index in [-0.39, 0.29) is 18.1 Å². The molecule has 1 aromatic carbocycles. The summed E-state index contributed by atoms with van der Waals surface area (Å²) in [7, 11) is -3.34. The first-order chi connectivity index (χ1) is 8.02. The molecule has 0 fully saturated rings. The van der Waals surface area contributed by atoms with Crippen molar-refractivity contribution in [1.82, 2.24) is 0 Å². The van der Waals surface area contributed by atoms with Gasteiger partial charge in [0, 0.05) is 18.7 Å². The van der Waals surface area contributed by atoms with Crippen LogP contribution in [0, 0.1) is 0 Å². The molecule has 5 nitrogen and oxygen atoms in total. The van der Waals surface area contributed by atoms with Crippen LogP contribution in [-0.4, -0.2) is 27.8 Å². The van der Waals surface area contributed by atoms with Crippen molar-refractivity contribution in [2.45, 2.75) is 17.7 Å². The second kappa shape index (κ2) is 4.37. The van der Waals surface area contributed by atoms with Gasteiger partial charge in [0.1, 0.15) is 6.29 Å². The minimum atomic E-state index is -3.34. The number of hydrogen-bond acceptors (Lipinski definition) is 5. The lowest BCUT2D eigenvalue weighted by Gasteiger charge is -2.08.